The van der Waals surface area contributed by atoms with E-state index in [4.69, 9.17) is 9.47 Å². The number of Topliss-reactive ketones (excluding diaryl/α,β-unsaturated/α-hetero) is 1. The van der Waals surface area contributed by atoms with Crippen molar-refractivity contribution in [2.75, 3.05) is 13.7 Å². The van der Waals surface area contributed by atoms with Gasteiger partial charge in [-0.3, -0.25) is 9.78 Å². The summed E-state index contributed by atoms with van der Waals surface area (Å²) in [6.07, 6.45) is 1.33. The molecule has 0 bridgehead atoms. The Morgan fingerprint density at radius 3 is 2.33 bits per heavy atom. The number of nitrogens with zero attached hydrogens (tertiary/aromatic N) is 3. The van der Waals surface area contributed by atoms with Gasteiger partial charge < -0.3 is 14.0 Å². The molecule has 0 aliphatic carbocycles. The number of rotatable bonds is 6. The van der Waals surface area contributed by atoms with Gasteiger partial charge in [0.2, 0.25) is 5.78 Å². The predicted octanol–water partition coefficient (Wildman–Crippen LogP) is 3.86. The number of aryl methyl sites for hydroxylation is 1. The molecule has 0 unspecified atom stereocenters. The molecular weight excluding hydrogens is 422 g/mol. The van der Waals surface area contributed by atoms with Crippen molar-refractivity contribution in [1.29, 1.82) is 0 Å². The Hall–Kier alpha value is -4.33. The molecule has 0 aliphatic heterocycles. The van der Waals surface area contributed by atoms with Gasteiger partial charge in [-0.1, -0.05) is 12.1 Å². The molecule has 0 fully saturated rings. The number of ketones is 1. The van der Waals surface area contributed by atoms with Crippen LogP contribution in [0.4, 0.5) is 0 Å². The summed E-state index contributed by atoms with van der Waals surface area (Å²) >= 11 is 0. The maximum absolute atomic E-state index is 12.8. The number of aromatic nitrogens is 3. The lowest BCUT2D eigenvalue weighted by molar-refractivity contribution is 0.0468. The number of ether oxygens (including phenoxy) is 2. The van der Waals surface area contributed by atoms with Crippen LogP contribution in [0.2, 0.25) is 0 Å². The predicted molar refractivity (Wildman–Crippen MR) is 121 cm³/mol. The number of para-hydroxylation sites is 2. The van der Waals surface area contributed by atoms with Crippen LogP contribution in [-0.4, -0.2) is 46.0 Å². The van der Waals surface area contributed by atoms with Crippen LogP contribution in [0.3, 0.4) is 0 Å². The summed E-state index contributed by atoms with van der Waals surface area (Å²) in [5.74, 6) is -1.47. The molecule has 0 atom stereocenters. The van der Waals surface area contributed by atoms with E-state index in [0.717, 1.165) is 11.4 Å². The maximum Gasteiger partial charge on any atom is 0.359 e. The highest BCUT2D eigenvalue weighted by atomic mass is 16.5. The zero-order valence-corrected chi connectivity index (χ0v) is 18.4. The third kappa shape index (κ3) is 4.36. The summed E-state index contributed by atoms with van der Waals surface area (Å²) < 4.78 is 11.8. The fourth-order valence-corrected chi connectivity index (χ4v) is 3.65. The van der Waals surface area contributed by atoms with E-state index in [1.54, 1.807) is 48.5 Å². The fraction of sp³-hybridized carbons (Fsp3) is 0.160. The first-order valence-corrected chi connectivity index (χ1v) is 10.2. The molecule has 33 heavy (non-hydrogen) atoms. The monoisotopic (exact) mass is 443 g/mol. The van der Waals surface area contributed by atoms with Crippen LogP contribution in [0.25, 0.3) is 16.7 Å². The van der Waals surface area contributed by atoms with Crippen molar-refractivity contribution < 1.29 is 23.9 Å². The zero-order chi connectivity index (χ0) is 23.5. The number of carbonyl (C=O) groups excluding carboxylic acids is 3. The second-order valence-corrected chi connectivity index (χ2v) is 7.40. The SMILES string of the molecule is COC(=O)c1ccc(-n2c(C)cc(C(=O)COC(=O)c3cnc4ccccc4n3)c2C)cc1. The highest BCUT2D eigenvalue weighted by molar-refractivity contribution is 6.00. The van der Waals surface area contributed by atoms with Crippen molar-refractivity contribution in [3.8, 4) is 5.69 Å². The van der Waals surface area contributed by atoms with Crippen molar-refractivity contribution in [2.45, 2.75) is 13.8 Å². The molecule has 8 heteroatoms. The molecule has 166 valence electrons. The van der Waals surface area contributed by atoms with Crippen molar-refractivity contribution in [2.24, 2.45) is 0 Å². The van der Waals surface area contributed by atoms with Gasteiger partial charge >= 0.3 is 11.9 Å². The largest absolute Gasteiger partial charge is 0.465 e. The van der Waals surface area contributed by atoms with Gasteiger partial charge in [-0.2, -0.15) is 0 Å². The van der Waals surface area contributed by atoms with E-state index in [2.05, 4.69) is 9.97 Å². The van der Waals surface area contributed by atoms with Crippen LogP contribution in [0.1, 0.15) is 42.6 Å². The standard InChI is InChI=1S/C25H21N3O5/c1-15-12-19(16(2)28(15)18-10-8-17(9-11-18)24(30)32-3)23(29)14-33-25(31)22-13-26-20-6-4-5-7-21(20)27-22/h4-13H,14H2,1-3H3. The third-order valence-corrected chi connectivity index (χ3v) is 5.27. The molecule has 0 aliphatic rings. The molecule has 0 N–H and O–H groups in total. The lowest BCUT2D eigenvalue weighted by Gasteiger charge is -2.10. The van der Waals surface area contributed by atoms with E-state index in [1.165, 1.54) is 13.3 Å². The Labute approximate surface area is 189 Å². The molecule has 0 radical (unpaired) electrons. The Bertz CT molecular complexity index is 1370. The van der Waals surface area contributed by atoms with E-state index in [0.29, 0.717) is 27.9 Å². The van der Waals surface area contributed by atoms with E-state index in [1.807, 2.05) is 24.5 Å². The number of esters is 2. The van der Waals surface area contributed by atoms with Gasteiger partial charge in [0.05, 0.1) is 29.9 Å². The molecule has 2 heterocycles. The second-order valence-electron chi connectivity index (χ2n) is 7.40. The van der Waals surface area contributed by atoms with Gasteiger partial charge in [0.25, 0.3) is 0 Å². The van der Waals surface area contributed by atoms with Gasteiger partial charge in [0, 0.05) is 22.6 Å². The Balaban J connectivity index is 1.49. The zero-order valence-electron chi connectivity index (χ0n) is 18.4. The molecule has 0 amide bonds. The Morgan fingerprint density at radius 1 is 0.939 bits per heavy atom. The summed E-state index contributed by atoms with van der Waals surface area (Å²) in [7, 11) is 1.33. The quantitative estimate of drug-likeness (QED) is 0.329. The first-order valence-electron chi connectivity index (χ1n) is 10.2. The van der Waals surface area contributed by atoms with Crippen LogP contribution in [-0.2, 0) is 9.47 Å². The van der Waals surface area contributed by atoms with E-state index < -0.39 is 18.5 Å². The normalized spacial score (nSPS) is 10.8. The lowest BCUT2D eigenvalue weighted by Crippen LogP contribution is -2.16. The van der Waals surface area contributed by atoms with Gasteiger partial charge in [-0.15, -0.1) is 0 Å². The Kier molecular flexibility index (Phi) is 5.99. The van der Waals surface area contributed by atoms with E-state index in [9.17, 15) is 14.4 Å². The fourth-order valence-electron chi connectivity index (χ4n) is 3.65. The van der Waals surface area contributed by atoms with Crippen molar-refractivity contribution >= 4 is 28.8 Å². The van der Waals surface area contributed by atoms with Crippen LogP contribution in [0, 0.1) is 13.8 Å². The van der Waals surface area contributed by atoms with Crippen LogP contribution in [0.15, 0.2) is 60.8 Å². The lowest BCUT2D eigenvalue weighted by atomic mass is 10.1. The van der Waals surface area contributed by atoms with E-state index >= 15 is 0 Å². The number of benzene rings is 2. The summed E-state index contributed by atoms with van der Waals surface area (Å²) in [5, 5.41) is 0. The first kappa shape index (κ1) is 21.9. The molecule has 2 aromatic carbocycles. The molecule has 0 spiro atoms. The maximum atomic E-state index is 12.8. The average Bonchev–Trinajstić information content (AvgIpc) is 3.15. The molecule has 4 aromatic rings. The van der Waals surface area contributed by atoms with Crippen LogP contribution < -0.4 is 0 Å². The molecule has 0 saturated carbocycles. The highest BCUT2D eigenvalue weighted by Gasteiger charge is 2.19. The van der Waals surface area contributed by atoms with E-state index in [-0.39, 0.29) is 11.5 Å². The second kappa shape index (κ2) is 9.04. The first-order chi connectivity index (χ1) is 15.9. The summed E-state index contributed by atoms with van der Waals surface area (Å²) in [4.78, 5) is 45.3. The molecule has 8 nitrogen and oxygen atoms in total. The molecule has 2 aromatic heterocycles. The van der Waals surface area contributed by atoms with Gasteiger partial charge in [-0.05, 0) is 56.3 Å². The summed E-state index contributed by atoms with van der Waals surface area (Å²) in [5.41, 5.74) is 4.47. The van der Waals surface area contributed by atoms with Gasteiger partial charge in [0.1, 0.15) is 0 Å². The topological polar surface area (TPSA) is 100 Å². The van der Waals surface area contributed by atoms with Gasteiger partial charge in [-0.25, -0.2) is 14.6 Å². The number of hydrogen-bond donors (Lipinski definition) is 0. The highest BCUT2D eigenvalue weighted by Crippen LogP contribution is 2.22. The average molecular weight is 443 g/mol. The molecular formula is C25H21N3O5. The molecule has 4 rings (SSSR count). The van der Waals surface area contributed by atoms with Gasteiger partial charge in [0.15, 0.2) is 12.3 Å². The van der Waals surface area contributed by atoms with Crippen molar-refractivity contribution in [3.05, 3.63) is 89.0 Å². The third-order valence-electron chi connectivity index (χ3n) is 5.27. The minimum absolute atomic E-state index is 0.0395. The number of methoxy groups -OCH3 is 1. The summed E-state index contributed by atoms with van der Waals surface area (Å²) in [6, 6.07) is 15.8. The van der Waals surface area contributed by atoms with Crippen LogP contribution >= 0.6 is 0 Å². The minimum Gasteiger partial charge on any atom is -0.465 e. The number of fused-ring (bicyclic) bond motifs is 1. The van der Waals surface area contributed by atoms with Crippen LogP contribution in [0.5, 0.6) is 0 Å². The number of carbonyl (C=O) groups is 3. The summed E-state index contributed by atoms with van der Waals surface area (Å²) in [6.45, 7) is 3.26. The van der Waals surface area contributed by atoms with Crippen molar-refractivity contribution in [3.63, 3.8) is 0 Å². The molecule has 0 saturated heterocycles. The number of hydrogen-bond acceptors (Lipinski definition) is 7. The smallest absolute Gasteiger partial charge is 0.359 e. The minimum atomic E-state index is -0.714. The van der Waals surface area contributed by atoms with Crippen molar-refractivity contribution in [1.82, 2.24) is 14.5 Å². The Morgan fingerprint density at radius 2 is 1.64 bits per heavy atom.